The quantitative estimate of drug-likeness (QED) is 0.632. The number of nitrogens with one attached hydrogen (secondary N) is 1. The second-order valence-electron chi connectivity index (χ2n) is 8.34. The Labute approximate surface area is 176 Å². The molecule has 3 rings (SSSR count). The van der Waals surface area contributed by atoms with E-state index in [4.69, 9.17) is 19.9 Å². The molecule has 1 heterocycles. The maximum atomic E-state index is 13.4. The van der Waals surface area contributed by atoms with Crippen molar-refractivity contribution in [3.63, 3.8) is 0 Å². The highest BCUT2D eigenvalue weighted by Crippen LogP contribution is 2.33. The molecular formula is C23H29FN2O4. The van der Waals surface area contributed by atoms with Gasteiger partial charge in [0, 0.05) is 6.61 Å². The highest BCUT2D eigenvalue weighted by molar-refractivity contribution is 5.91. The van der Waals surface area contributed by atoms with E-state index in [1.54, 1.807) is 45.0 Å². The summed E-state index contributed by atoms with van der Waals surface area (Å²) in [5, 5.41) is 2.70. The van der Waals surface area contributed by atoms with Crippen LogP contribution >= 0.6 is 0 Å². The molecule has 162 valence electrons. The van der Waals surface area contributed by atoms with Crippen molar-refractivity contribution in [2.75, 3.05) is 17.7 Å². The minimum Gasteiger partial charge on any atom is -0.444 e. The van der Waals surface area contributed by atoms with Crippen molar-refractivity contribution in [3.05, 3.63) is 47.8 Å². The lowest BCUT2D eigenvalue weighted by atomic mass is 9.98. The molecule has 0 aromatic heterocycles. The minimum absolute atomic E-state index is 0.264. The van der Waals surface area contributed by atoms with E-state index >= 15 is 0 Å². The number of amides is 1. The second kappa shape index (κ2) is 9.45. The number of benzene rings is 2. The van der Waals surface area contributed by atoms with E-state index in [0.717, 1.165) is 36.0 Å². The topological polar surface area (TPSA) is 82.8 Å². The first-order valence-electron chi connectivity index (χ1n) is 10.1. The molecule has 1 amide bonds. The standard InChI is InChI=1S/C23H29FN2O4/c1-23(2,3)30-22(27)26-20-12-16(14-29-21-6-4-5-11-28-21)18(13-19(20)25)15-7-9-17(24)10-8-15/h7-10,12-13,21H,4-6,11,14,25H2,1-3H3,(H,26,27). The van der Waals surface area contributed by atoms with Crippen LogP contribution in [-0.4, -0.2) is 24.6 Å². The number of carbonyl (C=O) groups is 1. The molecule has 2 aromatic rings. The Morgan fingerprint density at radius 2 is 1.97 bits per heavy atom. The average molecular weight is 416 g/mol. The lowest BCUT2D eigenvalue weighted by Crippen LogP contribution is -2.27. The molecule has 7 heteroatoms. The van der Waals surface area contributed by atoms with Gasteiger partial charge in [0.2, 0.25) is 0 Å². The van der Waals surface area contributed by atoms with Gasteiger partial charge in [0.05, 0.1) is 18.0 Å². The molecular weight excluding hydrogens is 387 g/mol. The molecule has 0 radical (unpaired) electrons. The lowest BCUT2D eigenvalue weighted by molar-refractivity contribution is -0.168. The monoisotopic (exact) mass is 416 g/mol. The maximum Gasteiger partial charge on any atom is 0.412 e. The lowest BCUT2D eigenvalue weighted by Gasteiger charge is -2.24. The van der Waals surface area contributed by atoms with Gasteiger partial charge < -0.3 is 19.9 Å². The Morgan fingerprint density at radius 1 is 1.23 bits per heavy atom. The predicted molar refractivity (Wildman–Crippen MR) is 114 cm³/mol. The summed E-state index contributed by atoms with van der Waals surface area (Å²) in [6, 6.07) is 9.68. The highest BCUT2D eigenvalue weighted by Gasteiger charge is 2.20. The first kappa shape index (κ1) is 22.1. The molecule has 0 aliphatic carbocycles. The van der Waals surface area contributed by atoms with Crippen molar-refractivity contribution in [1.82, 2.24) is 0 Å². The number of hydrogen-bond donors (Lipinski definition) is 2. The molecule has 1 aliphatic heterocycles. The van der Waals surface area contributed by atoms with Crippen LogP contribution in [0, 0.1) is 5.82 Å². The van der Waals surface area contributed by atoms with Crippen LogP contribution in [0.2, 0.25) is 0 Å². The summed E-state index contributed by atoms with van der Waals surface area (Å²) in [7, 11) is 0. The fraction of sp³-hybridized carbons (Fsp3) is 0.435. The van der Waals surface area contributed by atoms with Crippen molar-refractivity contribution in [1.29, 1.82) is 0 Å². The number of nitrogens with two attached hydrogens (primary N) is 1. The Kier molecular flexibility index (Phi) is 6.95. The van der Waals surface area contributed by atoms with Crippen molar-refractivity contribution in [2.45, 2.75) is 58.5 Å². The fourth-order valence-electron chi connectivity index (χ4n) is 3.23. The number of hydrogen-bond acceptors (Lipinski definition) is 5. The fourth-order valence-corrected chi connectivity index (χ4v) is 3.23. The molecule has 30 heavy (non-hydrogen) atoms. The summed E-state index contributed by atoms with van der Waals surface area (Å²) in [6.07, 6.45) is 2.07. The summed E-state index contributed by atoms with van der Waals surface area (Å²) in [4.78, 5) is 12.2. The molecule has 0 saturated carbocycles. The van der Waals surface area contributed by atoms with E-state index in [0.29, 0.717) is 18.0 Å². The van der Waals surface area contributed by atoms with Gasteiger partial charge in [0.15, 0.2) is 6.29 Å². The van der Waals surface area contributed by atoms with Crippen LogP contribution in [0.25, 0.3) is 11.1 Å². The van der Waals surface area contributed by atoms with Gasteiger partial charge in [-0.1, -0.05) is 12.1 Å². The summed E-state index contributed by atoms with van der Waals surface area (Å²) in [5.74, 6) is -0.316. The molecule has 1 unspecified atom stereocenters. The van der Waals surface area contributed by atoms with Gasteiger partial charge in [0.25, 0.3) is 0 Å². The van der Waals surface area contributed by atoms with Gasteiger partial charge in [-0.2, -0.15) is 0 Å². The van der Waals surface area contributed by atoms with E-state index in [-0.39, 0.29) is 18.7 Å². The number of ether oxygens (including phenoxy) is 3. The Morgan fingerprint density at radius 3 is 2.60 bits per heavy atom. The van der Waals surface area contributed by atoms with E-state index in [2.05, 4.69) is 5.32 Å². The smallest absolute Gasteiger partial charge is 0.412 e. The van der Waals surface area contributed by atoms with E-state index in [1.807, 2.05) is 0 Å². The van der Waals surface area contributed by atoms with Crippen LogP contribution < -0.4 is 11.1 Å². The van der Waals surface area contributed by atoms with Crippen LogP contribution in [0.1, 0.15) is 45.6 Å². The zero-order chi connectivity index (χ0) is 21.7. The number of halogens is 1. The molecule has 6 nitrogen and oxygen atoms in total. The van der Waals surface area contributed by atoms with Gasteiger partial charge in [-0.05, 0) is 81.0 Å². The van der Waals surface area contributed by atoms with Crippen LogP contribution in [0.3, 0.4) is 0 Å². The van der Waals surface area contributed by atoms with Gasteiger partial charge in [0.1, 0.15) is 11.4 Å². The van der Waals surface area contributed by atoms with Gasteiger partial charge in [-0.3, -0.25) is 5.32 Å². The van der Waals surface area contributed by atoms with E-state index in [9.17, 15) is 9.18 Å². The highest BCUT2D eigenvalue weighted by atomic mass is 19.1. The third kappa shape index (κ3) is 6.18. The Bertz CT molecular complexity index is 872. The summed E-state index contributed by atoms with van der Waals surface area (Å²) >= 11 is 0. The SMILES string of the molecule is CC(C)(C)OC(=O)Nc1cc(COC2CCCCO2)c(-c2ccc(F)cc2)cc1N. The molecule has 1 saturated heterocycles. The van der Waals surface area contributed by atoms with E-state index in [1.165, 1.54) is 12.1 Å². The predicted octanol–water partition coefficient (Wildman–Crippen LogP) is 5.47. The van der Waals surface area contributed by atoms with Gasteiger partial charge >= 0.3 is 6.09 Å². The zero-order valence-corrected chi connectivity index (χ0v) is 17.7. The largest absolute Gasteiger partial charge is 0.444 e. The first-order valence-corrected chi connectivity index (χ1v) is 10.1. The Balaban J connectivity index is 1.87. The van der Waals surface area contributed by atoms with Crippen molar-refractivity contribution in [2.24, 2.45) is 0 Å². The molecule has 1 fully saturated rings. The minimum atomic E-state index is -0.628. The van der Waals surface area contributed by atoms with Crippen molar-refractivity contribution < 1.29 is 23.4 Å². The number of rotatable bonds is 5. The molecule has 3 N–H and O–H groups in total. The van der Waals surface area contributed by atoms with E-state index < -0.39 is 11.7 Å². The van der Waals surface area contributed by atoms with Crippen LogP contribution in [0.4, 0.5) is 20.6 Å². The van der Waals surface area contributed by atoms with Gasteiger partial charge in [-0.25, -0.2) is 9.18 Å². The molecule has 0 spiro atoms. The second-order valence-corrected chi connectivity index (χ2v) is 8.34. The van der Waals surface area contributed by atoms with Crippen molar-refractivity contribution in [3.8, 4) is 11.1 Å². The third-order valence-electron chi connectivity index (χ3n) is 4.63. The number of nitrogen functional groups attached to an aromatic ring is 1. The first-order chi connectivity index (χ1) is 14.2. The van der Waals surface area contributed by atoms with Gasteiger partial charge in [-0.15, -0.1) is 0 Å². The average Bonchev–Trinajstić information content (AvgIpc) is 2.68. The molecule has 0 bridgehead atoms. The number of carbonyl (C=O) groups excluding carboxylic acids is 1. The third-order valence-corrected chi connectivity index (χ3v) is 4.63. The normalized spacial score (nSPS) is 16.9. The molecule has 1 atom stereocenters. The Hall–Kier alpha value is -2.64. The van der Waals surface area contributed by atoms with Crippen LogP contribution in [0.15, 0.2) is 36.4 Å². The summed E-state index contributed by atoms with van der Waals surface area (Å²) < 4.78 is 30.3. The van der Waals surface area contributed by atoms with Crippen LogP contribution in [0.5, 0.6) is 0 Å². The van der Waals surface area contributed by atoms with Crippen molar-refractivity contribution >= 4 is 17.5 Å². The molecule has 1 aliphatic rings. The van der Waals surface area contributed by atoms with Crippen LogP contribution in [-0.2, 0) is 20.8 Å². The maximum absolute atomic E-state index is 13.4. The number of anilines is 2. The zero-order valence-electron chi connectivity index (χ0n) is 17.7. The molecule has 2 aromatic carbocycles. The summed E-state index contributed by atoms with van der Waals surface area (Å²) in [6.45, 7) is 6.31. The summed E-state index contributed by atoms with van der Waals surface area (Å²) in [5.41, 5.74) is 8.78.